The fraction of sp³-hybridized carbons (Fsp3) is 0.185. The zero-order chi connectivity index (χ0) is 27.3. The van der Waals surface area contributed by atoms with Crippen molar-refractivity contribution in [3.05, 3.63) is 94.5 Å². The van der Waals surface area contributed by atoms with Gasteiger partial charge in [-0.1, -0.05) is 71.2 Å². The number of aromatic nitrogens is 2. The molecular formula is C27H26Cl2N4O4S. The first kappa shape index (κ1) is 27.8. The summed E-state index contributed by atoms with van der Waals surface area (Å²) in [5.74, 6) is -0.168. The predicted octanol–water partition coefficient (Wildman–Crippen LogP) is 5.43. The van der Waals surface area contributed by atoms with Gasteiger partial charge in [0.15, 0.2) is 0 Å². The number of nitrogens with one attached hydrogen (secondary N) is 1. The van der Waals surface area contributed by atoms with Crippen molar-refractivity contribution in [3.63, 3.8) is 0 Å². The van der Waals surface area contributed by atoms with E-state index in [2.05, 4.69) is 5.32 Å². The molecule has 0 atom stereocenters. The predicted molar refractivity (Wildman–Crippen MR) is 149 cm³/mol. The van der Waals surface area contributed by atoms with Gasteiger partial charge in [0.05, 0.1) is 29.6 Å². The van der Waals surface area contributed by atoms with Crippen LogP contribution in [0.2, 0.25) is 10.0 Å². The highest BCUT2D eigenvalue weighted by Crippen LogP contribution is 2.28. The minimum atomic E-state index is -4.16. The summed E-state index contributed by atoms with van der Waals surface area (Å²) in [6, 6.07) is 23.1. The molecule has 0 aliphatic carbocycles. The number of carbonyl (C=O) groups excluding carboxylic acids is 1. The molecular weight excluding hydrogens is 547 g/mol. The summed E-state index contributed by atoms with van der Waals surface area (Å²) in [5.41, 5.74) is 3.33. The molecule has 0 saturated heterocycles. The van der Waals surface area contributed by atoms with Crippen molar-refractivity contribution in [3.8, 4) is 16.9 Å². The molecule has 4 aromatic rings. The standard InChI is InChI=1S/C27H26Cl2N4O4S/c1-19-8-11-22(12-9-19)33-26(17-24(31-33)20-6-4-3-5-7-20)30-27(34)18-32(14-15-37-2)38(35,36)25-16-21(28)10-13-23(25)29/h3-13,16-17H,14-15,18H2,1-2H3,(H,30,34). The number of anilines is 1. The molecule has 0 spiro atoms. The van der Waals surface area contributed by atoms with Crippen molar-refractivity contribution in [1.29, 1.82) is 0 Å². The Kier molecular flexibility index (Phi) is 8.86. The van der Waals surface area contributed by atoms with Gasteiger partial charge in [0.1, 0.15) is 10.7 Å². The molecule has 0 unspecified atom stereocenters. The Hall–Kier alpha value is -3.21. The van der Waals surface area contributed by atoms with Crippen LogP contribution in [0.25, 0.3) is 16.9 Å². The van der Waals surface area contributed by atoms with Gasteiger partial charge in [-0.25, -0.2) is 13.1 Å². The van der Waals surface area contributed by atoms with Gasteiger partial charge in [-0.2, -0.15) is 9.40 Å². The second-order valence-electron chi connectivity index (χ2n) is 8.48. The van der Waals surface area contributed by atoms with Gasteiger partial charge in [-0.05, 0) is 37.3 Å². The van der Waals surface area contributed by atoms with Crippen LogP contribution in [0.15, 0.2) is 83.8 Å². The molecule has 0 saturated carbocycles. The highest BCUT2D eigenvalue weighted by Gasteiger charge is 2.29. The number of hydrogen-bond donors (Lipinski definition) is 1. The lowest BCUT2D eigenvalue weighted by molar-refractivity contribution is -0.116. The number of benzene rings is 3. The number of carbonyl (C=O) groups is 1. The topological polar surface area (TPSA) is 93.5 Å². The lowest BCUT2D eigenvalue weighted by Gasteiger charge is -2.22. The van der Waals surface area contributed by atoms with Gasteiger partial charge in [-0.3, -0.25) is 4.79 Å². The number of aryl methyl sites for hydroxylation is 1. The van der Waals surface area contributed by atoms with E-state index < -0.39 is 22.5 Å². The van der Waals surface area contributed by atoms with E-state index >= 15 is 0 Å². The van der Waals surface area contributed by atoms with Crippen LogP contribution >= 0.6 is 23.2 Å². The SMILES string of the molecule is COCCN(CC(=O)Nc1cc(-c2ccccc2)nn1-c1ccc(C)cc1)S(=O)(=O)c1cc(Cl)ccc1Cl. The zero-order valence-electron chi connectivity index (χ0n) is 20.8. The fourth-order valence-corrected chi connectivity index (χ4v) is 5.85. The van der Waals surface area contributed by atoms with E-state index in [1.807, 2.05) is 61.5 Å². The van der Waals surface area contributed by atoms with Crippen LogP contribution in [0.4, 0.5) is 5.82 Å². The maximum Gasteiger partial charge on any atom is 0.245 e. The number of ether oxygens (including phenoxy) is 1. The van der Waals surface area contributed by atoms with Crippen molar-refractivity contribution in [2.24, 2.45) is 0 Å². The molecule has 1 N–H and O–H groups in total. The van der Waals surface area contributed by atoms with Crippen molar-refractivity contribution in [2.75, 3.05) is 32.1 Å². The summed E-state index contributed by atoms with van der Waals surface area (Å²) in [5, 5.41) is 7.73. The minimum Gasteiger partial charge on any atom is -0.383 e. The number of halogens is 2. The molecule has 198 valence electrons. The zero-order valence-corrected chi connectivity index (χ0v) is 23.1. The lowest BCUT2D eigenvalue weighted by Crippen LogP contribution is -2.40. The monoisotopic (exact) mass is 572 g/mol. The van der Waals surface area contributed by atoms with Gasteiger partial charge in [0.2, 0.25) is 15.9 Å². The van der Waals surface area contributed by atoms with Crippen molar-refractivity contribution in [1.82, 2.24) is 14.1 Å². The Labute approximate surface area is 231 Å². The maximum atomic E-state index is 13.4. The summed E-state index contributed by atoms with van der Waals surface area (Å²) in [6.45, 7) is 1.51. The van der Waals surface area contributed by atoms with E-state index in [1.165, 1.54) is 25.3 Å². The van der Waals surface area contributed by atoms with Crippen LogP contribution in [0.1, 0.15) is 5.56 Å². The van der Waals surface area contributed by atoms with E-state index in [9.17, 15) is 13.2 Å². The molecule has 11 heteroatoms. The Morgan fingerprint density at radius 1 is 1.03 bits per heavy atom. The number of amides is 1. The first-order valence-electron chi connectivity index (χ1n) is 11.7. The van der Waals surface area contributed by atoms with Crippen molar-refractivity contribution >= 4 is 45.0 Å². The third-order valence-corrected chi connectivity index (χ3v) is 8.26. The molecule has 3 aromatic carbocycles. The lowest BCUT2D eigenvalue weighted by atomic mass is 10.1. The number of sulfonamides is 1. The van der Waals surface area contributed by atoms with Crippen molar-refractivity contribution < 1.29 is 17.9 Å². The summed E-state index contributed by atoms with van der Waals surface area (Å²) >= 11 is 12.2. The third kappa shape index (κ3) is 6.43. The summed E-state index contributed by atoms with van der Waals surface area (Å²) in [4.78, 5) is 13.1. The van der Waals surface area contributed by atoms with Crippen LogP contribution in [0.5, 0.6) is 0 Å². The van der Waals surface area contributed by atoms with Gasteiger partial charge < -0.3 is 10.1 Å². The van der Waals surface area contributed by atoms with E-state index in [4.69, 9.17) is 33.0 Å². The Balaban J connectivity index is 1.65. The van der Waals surface area contributed by atoms with Crippen LogP contribution in [0, 0.1) is 6.92 Å². The highest BCUT2D eigenvalue weighted by atomic mass is 35.5. The summed E-state index contributed by atoms with van der Waals surface area (Å²) in [6.07, 6.45) is 0. The third-order valence-electron chi connectivity index (χ3n) is 5.70. The average Bonchev–Trinajstić information content (AvgIpc) is 3.32. The van der Waals surface area contributed by atoms with E-state index in [-0.39, 0.29) is 28.1 Å². The second-order valence-corrected chi connectivity index (χ2v) is 11.2. The average molecular weight is 574 g/mol. The number of nitrogens with zero attached hydrogens (tertiary/aromatic N) is 3. The minimum absolute atomic E-state index is 0.00201. The van der Waals surface area contributed by atoms with Gasteiger partial charge >= 0.3 is 0 Å². The molecule has 0 aliphatic heterocycles. The molecule has 1 amide bonds. The smallest absolute Gasteiger partial charge is 0.245 e. The molecule has 1 aromatic heterocycles. The van der Waals surface area contributed by atoms with Crippen LogP contribution in [-0.4, -0.2) is 55.2 Å². The largest absolute Gasteiger partial charge is 0.383 e. The normalized spacial score (nSPS) is 11.6. The molecule has 0 aliphatic rings. The fourth-order valence-electron chi connectivity index (χ4n) is 3.74. The second kappa shape index (κ2) is 12.1. The van der Waals surface area contributed by atoms with Crippen LogP contribution in [-0.2, 0) is 19.6 Å². The first-order valence-corrected chi connectivity index (χ1v) is 13.8. The van der Waals surface area contributed by atoms with E-state index in [0.29, 0.717) is 11.5 Å². The van der Waals surface area contributed by atoms with Gasteiger partial charge in [0, 0.05) is 30.3 Å². The molecule has 38 heavy (non-hydrogen) atoms. The number of rotatable bonds is 10. The number of methoxy groups -OCH3 is 1. The highest BCUT2D eigenvalue weighted by molar-refractivity contribution is 7.89. The van der Waals surface area contributed by atoms with Gasteiger partial charge in [0.25, 0.3) is 0 Å². The Morgan fingerprint density at radius 2 is 1.74 bits per heavy atom. The molecule has 0 radical (unpaired) electrons. The maximum absolute atomic E-state index is 13.4. The molecule has 4 rings (SSSR count). The molecule has 8 nitrogen and oxygen atoms in total. The molecule has 1 heterocycles. The van der Waals surface area contributed by atoms with E-state index in [1.54, 1.807) is 10.7 Å². The first-order chi connectivity index (χ1) is 18.2. The summed E-state index contributed by atoms with van der Waals surface area (Å²) in [7, 11) is -2.72. The van der Waals surface area contributed by atoms with E-state index in [0.717, 1.165) is 21.1 Å². The van der Waals surface area contributed by atoms with Crippen molar-refractivity contribution in [2.45, 2.75) is 11.8 Å². The molecule has 0 bridgehead atoms. The van der Waals surface area contributed by atoms with Crippen LogP contribution in [0.3, 0.4) is 0 Å². The number of hydrogen-bond acceptors (Lipinski definition) is 5. The quantitative estimate of drug-likeness (QED) is 0.273. The summed E-state index contributed by atoms with van der Waals surface area (Å²) < 4.78 is 34.6. The Bertz CT molecular complexity index is 1520. The van der Waals surface area contributed by atoms with Gasteiger partial charge in [-0.15, -0.1) is 0 Å². The Morgan fingerprint density at radius 3 is 2.42 bits per heavy atom. The molecule has 0 fully saturated rings. The van der Waals surface area contributed by atoms with Crippen LogP contribution < -0.4 is 5.32 Å².